The van der Waals surface area contributed by atoms with Crippen molar-refractivity contribution in [1.82, 2.24) is 15.0 Å². The predicted molar refractivity (Wildman–Crippen MR) is 82.0 cm³/mol. The summed E-state index contributed by atoms with van der Waals surface area (Å²) in [6.07, 6.45) is 2.34. The smallest absolute Gasteiger partial charge is 0.136 e. The number of nitrogens with one attached hydrogen (secondary N) is 1. The van der Waals surface area contributed by atoms with Crippen LogP contribution < -0.4 is 11.1 Å². The minimum absolute atomic E-state index is 0.169. The molecule has 5 nitrogen and oxygen atoms in total. The second-order valence-electron chi connectivity index (χ2n) is 5.36. The van der Waals surface area contributed by atoms with E-state index in [2.05, 4.69) is 27.2 Å². The van der Waals surface area contributed by atoms with Crippen LogP contribution >= 0.6 is 11.3 Å². The second kappa shape index (κ2) is 5.01. The maximum Gasteiger partial charge on any atom is 0.136 e. The molecule has 1 atom stereocenters. The van der Waals surface area contributed by atoms with E-state index in [9.17, 15) is 0 Å². The molecule has 0 spiro atoms. The molecule has 106 valence electrons. The molecule has 0 bridgehead atoms. The number of hydrogen-bond donors (Lipinski definition) is 2. The molecule has 20 heavy (non-hydrogen) atoms. The lowest BCUT2D eigenvalue weighted by Crippen LogP contribution is -2.10. The normalized spacial score (nSPS) is 16.1. The number of anilines is 2. The monoisotopic (exact) mass is 289 g/mol. The Morgan fingerprint density at radius 2 is 2.05 bits per heavy atom. The Bertz CT molecular complexity index is 632. The fourth-order valence-corrected chi connectivity index (χ4v) is 3.25. The van der Waals surface area contributed by atoms with Crippen molar-refractivity contribution in [3.8, 4) is 0 Å². The minimum atomic E-state index is 0.169. The third-order valence-electron chi connectivity index (χ3n) is 3.40. The minimum Gasteiger partial charge on any atom is -0.384 e. The van der Waals surface area contributed by atoms with Crippen molar-refractivity contribution in [1.29, 1.82) is 0 Å². The summed E-state index contributed by atoms with van der Waals surface area (Å²) >= 11 is 1.72. The van der Waals surface area contributed by atoms with Crippen LogP contribution in [0.1, 0.15) is 53.1 Å². The molecular formula is C14H19N5S. The van der Waals surface area contributed by atoms with Crippen LogP contribution in [0.2, 0.25) is 0 Å². The average molecular weight is 289 g/mol. The highest BCUT2D eigenvalue weighted by molar-refractivity contribution is 7.11. The van der Waals surface area contributed by atoms with Gasteiger partial charge in [-0.25, -0.2) is 15.0 Å². The largest absolute Gasteiger partial charge is 0.384 e. The highest BCUT2D eigenvalue weighted by Gasteiger charge is 2.27. The Kier molecular flexibility index (Phi) is 3.33. The van der Waals surface area contributed by atoms with Gasteiger partial charge in [-0.1, -0.05) is 0 Å². The first-order valence-corrected chi connectivity index (χ1v) is 7.69. The van der Waals surface area contributed by atoms with Gasteiger partial charge in [0, 0.05) is 16.9 Å². The van der Waals surface area contributed by atoms with Gasteiger partial charge in [0.05, 0.1) is 16.7 Å². The summed E-state index contributed by atoms with van der Waals surface area (Å²) in [5, 5.41) is 4.51. The molecule has 1 unspecified atom stereocenters. The van der Waals surface area contributed by atoms with Gasteiger partial charge in [0.2, 0.25) is 0 Å². The van der Waals surface area contributed by atoms with E-state index in [0.29, 0.717) is 11.7 Å². The van der Waals surface area contributed by atoms with Gasteiger partial charge in [0.15, 0.2) is 0 Å². The first kappa shape index (κ1) is 13.3. The van der Waals surface area contributed by atoms with E-state index in [1.165, 1.54) is 17.7 Å². The lowest BCUT2D eigenvalue weighted by molar-refractivity contribution is 0.860. The fourth-order valence-electron chi connectivity index (χ4n) is 2.32. The lowest BCUT2D eigenvalue weighted by Gasteiger charge is -2.14. The summed E-state index contributed by atoms with van der Waals surface area (Å²) in [5.41, 5.74) is 6.95. The van der Waals surface area contributed by atoms with Crippen LogP contribution in [0.4, 0.5) is 11.6 Å². The second-order valence-corrected chi connectivity index (χ2v) is 6.59. The van der Waals surface area contributed by atoms with Crippen LogP contribution in [0.3, 0.4) is 0 Å². The summed E-state index contributed by atoms with van der Waals surface area (Å²) in [4.78, 5) is 14.6. The number of hydrogen-bond acceptors (Lipinski definition) is 6. The van der Waals surface area contributed by atoms with Crippen LogP contribution in [0.15, 0.2) is 6.07 Å². The highest BCUT2D eigenvalue weighted by atomic mass is 32.1. The van der Waals surface area contributed by atoms with Gasteiger partial charge >= 0.3 is 0 Å². The molecule has 1 saturated carbocycles. The van der Waals surface area contributed by atoms with E-state index in [-0.39, 0.29) is 6.04 Å². The first-order valence-electron chi connectivity index (χ1n) is 6.88. The zero-order valence-corrected chi connectivity index (χ0v) is 12.8. The molecule has 1 aliphatic rings. The third kappa shape index (κ3) is 2.75. The summed E-state index contributed by atoms with van der Waals surface area (Å²) in [6.45, 7) is 6.19. The van der Waals surface area contributed by atoms with Crippen molar-refractivity contribution in [3.63, 3.8) is 0 Å². The molecule has 0 saturated heterocycles. The van der Waals surface area contributed by atoms with Crippen molar-refractivity contribution in [2.45, 2.75) is 45.6 Å². The number of nitrogen functional groups attached to an aromatic ring is 1. The Balaban J connectivity index is 1.81. The first-order chi connectivity index (χ1) is 9.52. The highest BCUT2D eigenvalue weighted by Crippen LogP contribution is 2.39. The molecule has 0 amide bonds. The van der Waals surface area contributed by atoms with Crippen molar-refractivity contribution >= 4 is 23.0 Å². The zero-order valence-electron chi connectivity index (χ0n) is 12.0. The number of thiazole rings is 1. The van der Waals surface area contributed by atoms with Crippen molar-refractivity contribution in [2.75, 3.05) is 11.1 Å². The van der Waals surface area contributed by atoms with E-state index >= 15 is 0 Å². The maximum absolute atomic E-state index is 5.87. The third-order valence-corrected chi connectivity index (χ3v) is 4.66. The molecule has 2 heterocycles. The van der Waals surface area contributed by atoms with E-state index in [1.807, 2.05) is 13.8 Å². The van der Waals surface area contributed by atoms with Crippen LogP contribution in [0.25, 0.3) is 0 Å². The molecule has 0 radical (unpaired) electrons. The van der Waals surface area contributed by atoms with Crippen molar-refractivity contribution in [3.05, 3.63) is 27.5 Å². The van der Waals surface area contributed by atoms with Gasteiger partial charge in [0.1, 0.15) is 17.5 Å². The van der Waals surface area contributed by atoms with E-state index < -0.39 is 0 Å². The standard InChI is InChI=1S/C14H19N5S/c1-7-13(20-9(3)16-7)8(2)17-12-6-11(15)18-14(19-12)10-4-5-10/h6,8,10H,4-5H2,1-3H3,(H3,15,17,18,19). The van der Waals surface area contributed by atoms with Gasteiger partial charge in [-0.3, -0.25) is 0 Å². The number of aromatic nitrogens is 3. The number of nitrogens with two attached hydrogens (primary N) is 1. The molecule has 1 fully saturated rings. The van der Waals surface area contributed by atoms with Gasteiger partial charge in [-0.15, -0.1) is 11.3 Å². The number of aryl methyl sites for hydroxylation is 2. The van der Waals surface area contributed by atoms with Crippen LogP contribution in [-0.2, 0) is 0 Å². The summed E-state index contributed by atoms with van der Waals surface area (Å²) < 4.78 is 0. The Morgan fingerprint density at radius 1 is 1.30 bits per heavy atom. The van der Waals surface area contributed by atoms with Gasteiger partial charge < -0.3 is 11.1 Å². The van der Waals surface area contributed by atoms with E-state index in [0.717, 1.165) is 22.3 Å². The van der Waals surface area contributed by atoms with Crippen LogP contribution in [-0.4, -0.2) is 15.0 Å². The van der Waals surface area contributed by atoms with Gasteiger partial charge in [0.25, 0.3) is 0 Å². The average Bonchev–Trinajstić information content (AvgIpc) is 3.14. The van der Waals surface area contributed by atoms with E-state index in [4.69, 9.17) is 5.73 Å². The van der Waals surface area contributed by atoms with Gasteiger partial charge in [-0.2, -0.15) is 0 Å². The van der Waals surface area contributed by atoms with Crippen molar-refractivity contribution in [2.24, 2.45) is 0 Å². The molecule has 2 aromatic heterocycles. The molecule has 2 aromatic rings. The molecule has 3 rings (SSSR count). The zero-order chi connectivity index (χ0) is 14.3. The quantitative estimate of drug-likeness (QED) is 0.904. The molecule has 3 N–H and O–H groups in total. The predicted octanol–water partition coefficient (Wildman–Crippen LogP) is 3.18. The molecule has 1 aliphatic carbocycles. The Labute approximate surface area is 122 Å². The summed E-state index contributed by atoms with van der Waals surface area (Å²) in [6, 6.07) is 1.97. The molecule has 0 aromatic carbocycles. The topological polar surface area (TPSA) is 76.7 Å². The number of rotatable bonds is 4. The van der Waals surface area contributed by atoms with Crippen LogP contribution in [0, 0.1) is 13.8 Å². The SMILES string of the molecule is Cc1nc(C)c(C(C)Nc2cc(N)nc(C3CC3)n2)s1. The lowest BCUT2D eigenvalue weighted by atomic mass is 10.2. The Hall–Kier alpha value is -1.69. The molecular weight excluding hydrogens is 270 g/mol. The van der Waals surface area contributed by atoms with E-state index in [1.54, 1.807) is 17.4 Å². The Morgan fingerprint density at radius 3 is 2.65 bits per heavy atom. The number of nitrogens with zero attached hydrogens (tertiary/aromatic N) is 3. The summed E-state index contributed by atoms with van der Waals surface area (Å²) in [5.74, 6) is 2.71. The fraction of sp³-hybridized carbons (Fsp3) is 0.500. The van der Waals surface area contributed by atoms with Crippen LogP contribution in [0.5, 0.6) is 0 Å². The molecule has 0 aliphatic heterocycles. The van der Waals surface area contributed by atoms with Gasteiger partial charge in [-0.05, 0) is 33.6 Å². The maximum atomic E-state index is 5.87. The van der Waals surface area contributed by atoms with Crippen molar-refractivity contribution < 1.29 is 0 Å². The summed E-state index contributed by atoms with van der Waals surface area (Å²) in [7, 11) is 0. The molecule has 6 heteroatoms.